The number of halogens is 1. The lowest BCUT2D eigenvalue weighted by molar-refractivity contribution is -0.124. The first-order chi connectivity index (χ1) is 10.6. The maximum Gasteiger partial charge on any atom is 0.238 e. The van der Waals surface area contributed by atoms with Crippen LogP contribution in [0.15, 0.2) is 30.4 Å². The van der Waals surface area contributed by atoms with Crippen LogP contribution in [0.1, 0.15) is 12.8 Å². The minimum Gasteiger partial charge on any atom is -0.495 e. The molecule has 0 aromatic heterocycles. The Labute approximate surface area is 133 Å². The summed E-state index contributed by atoms with van der Waals surface area (Å²) in [6.45, 7) is 0. The van der Waals surface area contributed by atoms with Gasteiger partial charge >= 0.3 is 0 Å². The number of imide groups is 1. The van der Waals surface area contributed by atoms with E-state index in [0.29, 0.717) is 16.5 Å². The minimum absolute atomic E-state index is 0.116. The van der Waals surface area contributed by atoms with Gasteiger partial charge in [0.1, 0.15) is 5.75 Å². The Hall–Kier alpha value is -1.81. The van der Waals surface area contributed by atoms with Gasteiger partial charge in [-0.1, -0.05) is 23.8 Å². The Bertz CT molecular complexity index is 667. The number of carbonyl (C=O) groups is 2. The van der Waals surface area contributed by atoms with Gasteiger partial charge in [-0.05, 0) is 42.9 Å². The zero-order valence-electron chi connectivity index (χ0n) is 12.2. The molecule has 0 unspecified atom stereocenters. The summed E-state index contributed by atoms with van der Waals surface area (Å²) in [6.07, 6.45) is 6.20. The van der Waals surface area contributed by atoms with E-state index in [2.05, 4.69) is 12.2 Å². The Morgan fingerprint density at radius 2 is 1.68 bits per heavy atom. The second-order valence-corrected chi connectivity index (χ2v) is 6.61. The highest BCUT2D eigenvalue weighted by atomic mass is 35.5. The molecule has 1 saturated carbocycles. The summed E-state index contributed by atoms with van der Waals surface area (Å²) in [7, 11) is 1.52. The van der Waals surface area contributed by atoms with Crippen LogP contribution < -0.4 is 9.64 Å². The van der Waals surface area contributed by atoms with Crippen molar-refractivity contribution in [3.05, 3.63) is 35.4 Å². The van der Waals surface area contributed by atoms with Crippen molar-refractivity contribution in [2.24, 2.45) is 23.7 Å². The van der Waals surface area contributed by atoms with E-state index in [4.69, 9.17) is 16.3 Å². The van der Waals surface area contributed by atoms with Gasteiger partial charge in [0, 0.05) is 5.02 Å². The molecule has 1 aromatic carbocycles. The van der Waals surface area contributed by atoms with E-state index in [1.807, 2.05) is 0 Å². The molecule has 5 heteroatoms. The maximum absolute atomic E-state index is 12.9. The summed E-state index contributed by atoms with van der Waals surface area (Å²) >= 11 is 6.05. The summed E-state index contributed by atoms with van der Waals surface area (Å²) in [4.78, 5) is 27.1. The van der Waals surface area contributed by atoms with Crippen molar-refractivity contribution in [1.82, 2.24) is 0 Å². The van der Waals surface area contributed by atoms with E-state index in [1.165, 1.54) is 12.0 Å². The molecule has 3 aliphatic carbocycles. The average molecular weight is 318 g/mol. The largest absolute Gasteiger partial charge is 0.495 e. The standard InChI is InChI=1S/C17H16ClNO3/c1-22-13-7-6-11(18)8-12(13)19-16(20)14-9-2-3-10(5-4-9)15(14)17(19)21/h2-3,6-10,14-15H,4-5H2,1H3/t9-,10-,14+,15+/m0/s1. The number of carbonyl (C=O) groups excluding carboxylic acids is 2. The van der Waals surface area contributed by atoms with E-state index in [1.54, 1.807) is 18.2 Å². The molecule has 1 saturated heterocycles. The number of hydrogen-bond acceptors (Lipinski definition) is 3. The van der Waals surface area contributed by atoms with Crippen LogP contribution in [0.4, 0.5) is 5.69 Å². The summed E-state index contributed by atoms with van der Waals surface area (Å²) < 4.78 is 5.31. The van der Waals surface area contributed by atoms with Crippen LogP contribution in [0, 0.1) is 23.7 Å². The molecule has 1 aliphatic heterocycles. The first kappa shape index (κ1) is 13.8. The summed E-state index contributed by atoms with van der Waals surface area (Å²) in [5, 5.41) is 0.479. The molecule has 2 bridgehead atoms. The number of fused-ring (bicyclic) bond motifs is 1. The minimum atomic E-state index is -0.222. The topological polar surface area (TPSA) is 46.6 Å². The second kappa shape index (κ2) is 4.85. The maximum atomic E-state index is 12.9. The molecular formula is C17H16ClNO3. The van der Waals surface area contributed by atoms with Crippen LogP contribution in [0.3, 0.4) is 0 Å². The second-order valence-electron chi connectivity index (χ2n) is 6.17. The third-order valence-electron chi connectivity index (χ3n) is 5.14. The number of amides is 2. The molecule has 5 rings (SSSR count). The highest BCUT2D eigenvalue weighted by Crippen LogP contribution is 2.51. The number of ether oxygens (including phenoxy) is 1. The molecule has 22 heavy (non-hydrogen) atoms. The van der Waals surface area contributed by atoms with Gasteiger partial charge in [-0.15, -0.1) is 0 Å². The predicted molar refractivity (Wildman–Crippen MR) is 82.8 cm³/mol. The van der Waals surface area contributed by atoms with Crippen LogP contribution in [0.25, 0.3) is 0 Å². The highest BCUT2D eigenvalue weighted by Gasteiger charge is 2.57. The van der Waals surface area contributed by atoms with Crippen molar-refractivity contribution >= 4 is 29.1 Å². The molecule has 0 N–H and O–H groups in total. The lowest BCUT2D eigenvalue weighted by Crippen LogP contribution is -2.38. The molecule has 2 amide bonds. The first-order valence-corrected chi connectivity index (χ1v) is 7.89. The fraction of sp³-hybridized carbons (Fsp3) is 0.412. The molecule has 4 aliphatic rings. The van der Waals surface area contributed by atoms with Gasteiger partial charge in [0.2, 0.25) is 11.8 Å². The van der Waals surface area contributed by atoms with Crippen molar-refractivity contribution in [2.75, 3.05) is 12.0 Å². The number of nitrogens with zero attached hydrogens (tertiary/aromatic N) is 1. The van der Waals surface area contributed by atoms with Gasteiger partial charge in [0.05, 0.1) is 24.6 Å². The third kappa shape index (κ3) is 1.76. The average Bonchev–Trinajstić information content (AvgIpc) is 2.82. The van der Waals surface area contributed by atoms with Crippen molar-refractivity contribution in [3.8, 4) is 5.75 Å². The fourth-order valence-corrected chi connectivity index (χ4v) is 4.32. The zero-order chi connectivity index (χ0) is 15.4. The molecule has 0 spiro atoms. The predicted octanol–water partition coefficient (Wildman–Crippen LogP) is 3.05. The Balaban J connectivity index is 1.80. The van der Waals surface area contributed by atoms with E-state index in [-0.39, 0.29) is 35.5 Å². The SMILES string of the molecule is COc1ccc(Cl)cc1N1C(=O)[C@H]2[C@H](C1=O)[C@H]1C=C[C@H]2CC1. The van der Waals surface area contributed by atoms with Crippen LogP contribution in [-0.2, 0) is 9.59 Å². The van der Waals surface area contributed by atoms with E-state index < -0.39 is 0 Å². The molecular weight excluding hydrogens is 302 g/mol. The Morgan fingerprint density at radius 1 is 1.09 bits per heavy atom. The van der Waals surface area contributed by atoms with E-state index >= 15 is 0 Å². The normalized spacial score (nSPS) is 32.5. The highest BCUT2D eigenvalue weighted by molar-refractivity contribution is 6.31. The number of hydrogen-bond donors (Lipinski definition) is 0. The smallest absolute Gasteiger partial charge is 0.238 e. The summed E-state index contributed by atoms with van der Waals surface area (Å²) in [6, 6.07) is 5.00. The van der Waals surface area contributed by atoms with E-state index in [9.17, 15) is 9.59 Å². The summed E-state index contributed by atoms with van der Waals surface area (Å²) in [5.41, 5.74) is 0.457. The molecule has 1 heterocycles. The zero-order valence-corrected chi connectivity index (χ0v) is 12.9. The third-order valence-corrected chi connectivity index (χ3v) is 5.38. The van der Waals surface area contributed by atoms with Gasteiger partial charge in [-0.3, -0.25) is 9.59 Å². The van der Waals surface area contributed by atoms with E-state index in [0.717, 1.165) is 12.8 Å². The molecule has 4 atom stereocenters. The van der Waals surface area contributed by atoms with Crippen LogP contribution in [0.5, 0.6) is 5.75 Å². The number of rotatable bonds is 2. The number of allylic oxidation sites excluding steroid dienone is 2. The lowest BCUT2D eigenvalue weighted by Gasteiger charge is -2.38. The van der Waals surface area contributed by atoms with Gasteiger partial charge < -0.3 is 4.74 Å². The molecule has 114 valence electrons. The van der Waals surface area contributed by atoms with Gasteiger partial charge in [-0.25, -0.2) is 4.90 Å². The van der Waals surface area contributed by atoms with Crippen LogP contribution in [-0.4, -0.2) is 18.9 Å². The van der Waals surface area contributed by atoms with Crippen molar-refractivity contribution < 1.29 is 14.3 Å². The lowest BCUT2D eigenvalue weighted by atomic mass is 9.63. The monoisotopic (exact) mass is 317 g/mol. The fourth-order valence-electron chi connectivity index (χ4n) is 4.15. The number of anilines is 1. The summed E-state index contributed by atoms with van der Waals surface area (Å²) in [5.74, 6) is 0.178. The van der Waals surface area contributed by atoms with Crippen LogP contribution in [0.2, 0.25) is 5.02 Å². The number of benzene rings is 1. The molecule has 0 radical (unpaired) electrons. The molecule has 2 fully saturated rings. The Kier molecular flexibility index (Phi) is 3.05. The Morgan fingerprint density at radius 3 is 2.18 bits per heavy atom. The quantitative estimate of drug-likeness (QED) is 0.622. The number of methoxy groups -OCH3 is 1. The van der Waals surface area contributed by atoms with Crippen molar-refractivity contribution in [2.45, 2.75) is 12.8 Å². The van der Waals surface area contributed by atoms with Crippen molar-refractivity contribution in [1.29, 1.82) is 0 Å². The van der Waals surface area contributed by atoms with Gasteiger partial charge in [0.15, 0.2) is 0 Å². The molecule has 1 aromatic rings. The van der Waals surface area contributed by atoms with Gasteiger partial charge in [0.25, 0.3) is 0 Å². The first-order valence-electron chi connectivity index (χ1n) is 7.51. The van der Waals surface area contributed by atoms with Crippen molar-refractivity contribution in [3.63, 3.8) is 0 Å². The van der Waals surface area contributed by atoms with Crippen LogP contribution >= 0.6 is 11.6 Å². The van der Waals surface area contributed by atoms with Gasteiger partial charge in [-0.2, -0.15) is 0 Å². The molecule has 4 nitrogen and oxygen atoms in total.